The Morgan fingerprint density at radius 1 is 1.14 bits per heavy atom. The summed E-state index contributed by atoms with van der Waals surface area (Å²) < 4.78 is 17.1. The lowest BCUT2D eigenvalue weighted by atomic mass is 9.95. The Labute approximate surface area is 205 Å². The fourth-order valence-corrected chi connectivity index (χ4v) is 4.37. The Morgan fingerprint density at radius 3 is 2.71 bits per heavy atom. The number of fused-ring (bicyclic) bond motifs is 1. The van der Waals surface area contributed by atoms with Crippen molar-refractivity contribution in [2.45, 2.75) is 26.3 Å². The largest absolute Gasteiger partial charge is 0.507 e. The van der Waals surface area contributed by atoms with Gasteiger partial charge < -0.3 is 24.2 Å². The van der Waals surface area contributed by atoms with Crippen molar-refractivity contribution in [2.75, 3.05) is 33.0 Å². The van der Waals surface area contributed by atoms with E-state index in [0.717, 1.165) is 11.1 Å². The van der Waals surface area contributed by atoms with Crippen LogP contribution >= 0.6 is 0 Å². The molecule has 2 N–H and O–H groups in total. The predicted molar refractivity (Wildman–Crippen MR) is 133 cm³/mol. The smallest absolute Gasteiger partial charge is 0.273 e. The molecule has 0 spiro atoms. The molecule has 2 heterocycles. The number of amides is 1. The van der Waals surface area contributed by atoms with E-state index in [4.69, 9.17) is 14.2 Å². The van der Waals surface area contributed by atoms with Crippen molar-refractivity contribution in [3.05, 3.63) is 71.9 Å². The van der Waals surface area contributed by atoms with Crippen molar-refractivity contribution in [3.63, 3.8) is 0 Å². The van der Waals surface area contributed by atoms with Gasteiger partial charge in [0, 0.05) is 30.9 Å². The number of benzene rings is 2. The zero-order chi connectivity index (χ0) is 24.8. The molecular weight excluding hydrogens is 446 g/mol. The van der Waals surface area contributed by atoms with Gasteiger partial charge >= 0.3 is 0 Å². The molecule has 0 saturated heterocycles. The molecule has 2 aromatic carbocycles. The van der Waals surface area contributed by atoms with Crippen LogP contribution in [0.4, 0.5) is 0 Å². The molecular formula is C27H31N3O5. The van der Waals surface area contributed by atoms with E-state index < -0.39 is 6.04 Å². The second-order valence-corrected chi connectivity index (χ2v) is 8.07. The van der Waals surface area contributed by atoms with Crippen LogP contribution in [0.5, 0.6) is 17.2 Å². The Kier molecular flexibility index (Phi) is 7.72. The first-order valence-electron chi connectivity index (χ1n) is 11.9. The number of aromatic amines is 1. The lowest BCUT2D eigenvalue weighted by Crippen LogP contribution is -2.31. The van der Waals surface area contributed by atoms with E-state index >= 15 is 0 Å². The summed E-state index contributed by atoms with van der Waals surface area (Å²) >= 11 is 0. The van der Waals surface area contributed by atoms with Crippen molar-refractivity contribution in [1.82, 2.24) is 15.1 Å². The standard InChI is InChI=1S/C27H31N3O5/c1-4-15-35-21-13-12-18(17-22(21)34-6-3)26-23-24(19-10-7-8-11-20(19)31)28-29-25(23)27(32)30(26)14-9-16-33-5-2/h4,7-8,10-13,17,26,31H,1,5-6,9,14-16H2,2-3H3,(H,28,29)/t26-/m0/s1. The molecule has 0 bridgehead atoms. The number of hydrogen-bond donors (Lipinski definition) is 2. The number of carbonyl (C=O) groups is 1. The summed E-state index contributed by atoms with van der Waals surface area (Å²) in [6.45, 7) is 10.1. The maximum atomic E-state index is 13.5. The van der Waals surface area contributed by atoms with Crippen LogP contribution in [0.1, 0.15) is 47.9 Å². The fourth-order valence-electron chi connectivity index (χ4n) is 4.37. The molecule has 184 valence electrons. The number of para-hydroxylation sites is 1. The second-order valence-electron chi connectivity index (χ2n) is 8.07. The normalized spacial score (nSPS) is 14.7. The quantitative estimate of drug-likeness (QED) is 0.289. The zero-order valence-electron chi connectivity index (χ0n) is 20.1. The van der Waals surface area contributed by atoms with Gasteiger partial charge in [0.2, 0.25) is 0 Å². The van der Waals surface area contributed by atoms with Crippen LogP contribution in [-0.4, -0.2) is 59.1 Å². The third kappa shape index (κ3) is 4.88. The zero-order valence-corrected chi connectivity index (χ0v) is 20.1. The van der Waals surface area contributed by atoms with Crippen molar-refractivity contribution < 1.29 is 24.1 Å². The molecule has 1 amide bonds. The van der Waals surface area contributed by atoms with Crippen LogP contribution in [0.15, 0.2) is 55.1 Å². The molecule has 0 aliphatic carbocycles. The van der Waals surface area contributed by atoms with E-state index in [1.807, 2.05) is 43.0 Å². The summed E-state index contributed by atoms with van der Waals surface area (Å²) in [7, 11) is 0. The van der Waals surface area contributed by atoms with E-state index in [1.54, 1.807) is 24.3 Å². The third-order valence-corrected chi connectivity index (χ3v) is 5.85. The molecule has 0 saturated carbocycles. The number of ether oxygens (including phenoxy) is 3. The van der Waals surface area contributed by atoms with Gasteiger partial charge in [-0.1, -0.05) is 30.9 Å². The number of hydrogen-bond acceptors (Lipinski definition) is 6. The Balaban J connectivity index is 1.80. The van der Waals surface area contributed by atoms with Crippen LogP contribution in [0.3, 0.4) is 0 Å². The average Bonchev–Trinajstić information content (AvgIpc) is 3.40. The van der Waals surface area contributed by atoms with Crippen LogP contribution < -0.4 is 9.47 Å². The highest BCUT2D eigenvalue weighted by Crippen LogP contribution is 2.45. The van der Waals surface area contributed by atoms with E-state index in [1.165, 1.54) is 0 Å². The van der Waals surface area contributed by atoms with Crippen molar-refractivity contribution in [3.8, 4) is 28.5 Å². The Morgan fingerprint density at radius 2 is 1.97 bits per heavy atom. The van der Waals surface area contributed by atoms with Gasteiger partial charge in [0.1, 0.15) is 23.7 Å². The van der Waals surface area contributed by atoms with Crippen molar-refractivity contribution in [1.29, 1.82) is 0 Å². The molecule has 1 aliphatic heterocycles. The molecule has 3 aromatic rings. The minimum atomic E-state index is -0.417. The molecule has 0 unspecified atom stereocenters. The molecule has 8 nitrogen and oxygen atoms in total. The van der Waals surface area contributed by atoms with Gasteiger partial charge in [0.25, 0.3) is 5.91 Å². The summed E-state index contributed by atoms with van der Waals surface area (Å²) in [6.07, 6.45) is 2.37. The molecule has 4 rings (SSSR count). The van der Waals surface area contributed by atoms with E-state index in [0.29, 0.717) is 67.8 Å². The highest BCUT2D eigenvalue weighted by molar-refractivity contribution is 6.00. The van der Waals surface area contributed by atoms with E-state index in [2.05, 4.69) is 16.8 Å². The lowest BCUT2D eigenvalue weighted by molar-refractivity contribution is 0.0710. The predicted octanol–water partition coefficient (Wildman–Crippen LogP) is 4.72. The first-order valence-corrected chi connectivity index (χ1v) is 11.9. The second kappa shape index (κ2) is 11.1. The van der Waals surface area contributed by atoms with Gasteiger partial charge in [-0.2, -0.15) is 5.10 Å². The summed E-state index contributed by atoms with van der Waals surface area (Å²) in [5.74, 6) is 1.16. The van der Waals surface area contributed by atoms with Crippen LogP contribution in [0.2, 0.25) is 0 Å². The number of phenolic OH excluding ortho intramolecular Hbond substituents is 1. The maximum Gasteiger partial charge on any atom is 0.273 e. The van der Waals surface area contributed by atoms with Gasteiger partial charge in [-0.15, -0.1) is 0 Å². The van der Waals surface area contributed by atoms with Gasteiger partial charge in [0.05, 0.1) is 12.6 Å². The van der Waals surface area contributed by atoms with E-state index in [9.17, 15) is 9.90 Å². The van der Waals surface area contributed by atoms with Crippen LogP contribution in [-0.2, 0) is 4.74 Å². The molecule has 0 fully saturated rings. The summed E-state index contributed by atoms with van der Waals surface area (Å²) in [5, 5.41) is 17.9. The molecule has 8 heteroatoms. The van der Waals surface area contributed by atoms with Crippen LogP contribution in [0.25, 0.3) is 11.3 Å². The highest BCUT2D eigenvalue weighted by atomic mass is 16.5. The van der Waals surface area contributed by atoms with Gasteiger partial charge in [-0.05, 0) is 50.1 Å². The number of aromatic nitrogens is 2. The minimum Gasteiger partial charge on any atom is -0.507 e. The molecule has 1 aliphatic rings. The highest BCUT2D eigenvalue weighted by Gasteiger charge is 2.42. The minimum absolute atomic E-state index is 0.103. The van der Waals surface area contributed by atoms with Crippen molar-refractivity contribution >= 4 is 5.91 Å². The maximum absolute atomic E-state index is 13.5. The molecule has 1 atom stereocenters. The fraction of sp³-hybridized carbons (Fsp3) is 0.333. The Bertz CT molecular complexity index is 1190. The molecule has 35 heavy (non-hydrogen) atoms. The van der Waals surface area contributed by atoms with Crippen molar-refractivity contribution in [2.24, 2.45) is 0 Å². The van der Waals surface area contributed by atoms with Gasteiger partial charge in [-0.3, -0.25) is 9.89 Å². The van der Waals surface area contributed by atoms with Gasteiger partial charge in [-0.25, -0.2) is 0 Å². The molecule has 0 radical (unpaired) electrons. The number of aromatic hydroxyl groups is 1. The number of rotatable bonds is 12. The SMILES string of the molecule is C=CCOc1ccc([C@H]2c3c(-c4ccccc4O)n[nH]c3C(=O)N2CCCOCC)cc1OCC. The topological polar surface area (TPSA) is 96.9 Å². The number of nitrogens with zero attached hydrogens (tertiary/aromatic N) is 2. The first-order chi connectivity index (χ1) is 17.1. The average molecular weight is 478 g/mol. The lowest BCUT2D eigenvalue weighted by Gasteiger charge is -2.27. The summed E-state index contributed by atoms with van der Waals surface area (Å²) in [6, 6.07) is 12.3. The Hall–Kier alpha value is -3.78. The number of carbonyl (C=O) groups excluding carboxylic acids is 1. The first kappa shape index (κ1) is 24.3. The molecule has 1 aromatic heterocycles. The number of phenols is 1. The third-order valence-electron chi connectivity index (χ3n) is 5.85. The van der Waals surface area contributed by atoms with Gasteiger partial charge in [0.15, 0.2) is 11.5 Å². The number of nitrogens with one attached hydrogen (secondary N) is 1. The van der Waals surface area contributed by atoms with Crippen LogP contribution in [0, 0.1) is 0 Å². The van der Waals surface area contributed by atoms with E-state index in [-0.39, 0.29) is 11.7 Å². The monoisotopic (exact) mass is 477 g/mol. The number of H-pyrrole nitrogens is 1. The summed E-state index contributed by atoms with van der Waals surface area (Å²) in [5.41, 5.74) is 3.13. The summed E-state index contributed by atoms with van der Waals surface area (Å²) in [4.78, 5) is 15.3.